The Labute approximate surface area is 138 Å². The molecule has 0 fully saturated rings. The molecule has 7 nitrogen and oxygen atoms in total. The number of imide groups is 1. The lowest BCUT2D eigenvalue weighted by Gasteiger charge is -2.12. The molecule has 24 heavy (non-hydrogen) atoms. The molecule has 0 aromatic heterocycles. The van der Waals surface area contributed by atoms with Crippen LogP contribution < -0.4 is 15.8 Å². The van der Waals surface area contributed by atoms with Crippen molar-refractivity contribution in [2.75, 3.05) is 0 Å². The number of hydrogen-bond acceptors (Lipinski definition) is 5. The van der Waals surface area contributed by atoms with E-state index >= 15 is 0 Å². The van der Waals surface area contributed by atoms with Crippen molar-refractivity contribution in [2.45, 2.75) is 13.0 Å². The Morgan fingerprint density at radius 3 is 2.12 bits per heavy atom. The van der Waals surface area contributed by atoms with Crippen LogP contribution in [0.4, 0.5) is 4.79 Å². The predicted molar refractivity (Wildman–Crippen MR) is 85.6 cm³/mol. The number of ether oxygens (including phenoxy) is 2. The number of nitrogens with two attached hydrogens (primary N) is 1. The van der Waals surface area contributed by atoms with Crippen LogP contribution in [0, 0.1) is 0 Å². The molecule has 0 heterocycles. The maximum Gasteiger partial charge on any atom is 0.338 e. The highest BCUT2D eigenvalue weighted by Gasteiger charge is 2.19. The standard InChI is InChI=1S/C17H16N2O5/c1-11(15(20)19-17(18)22)23-16(21)12-7-9-14(10-8-12)24-13-5-3-2-4-6-13/h2-11H,1H3,(H3,18,19,20,22)/t11-/m0/s1. The Morgan fingerprint density at radius 1 is 0.958 bits per heavy atom. The van der Waals surface area contributed by atoms with Gasteiger partial charge < -0.3 is 15.2 Å². The Hall–Kier alpha value is -3.35. The quantitative estimate of drug-likeness (QED) is 0.818. The average Bonchev–Trinajstić information content (AvgIpc) is 2.55. The van der Waals surface area contributed by atoms with Gasteiger partial charge in [-0.25, -0.2) is 9.59 Å². The molecule has 3 N–H and O–H groups in total. The fourth-order valence-corrected chi connectivity index (χ4v) is 1.79. The van der Waals surface area contributed by atoms with Crippen molar-refractivity contribution < 1.29 is 23.9 Å². The Kier molecular flexibility index (Phi) is 5.51. The van der Waals surface area contributed by atoms with E-state index in [1.807, 2.05) is 23.5 Å². The molecule has 0 aliphatic carbocycles. The molecule has 2 rings (SSSR count). The molecule has 0 saturated heterocycles. The van der Waals surface area contributed by atoms with Crippen LogP contribution in [-0.4, -0.2) is 24.0 Å². The monoisotopic (exact) mass is 328 g/mol. The van der Waals surface area contributed by atoms with E-state index in [9.17, 15) is 14.4 Å². The first-order valence-electron chi connectivity index (χ1n) is 7.10. The van der Waals surface area contributed by atoms with Crippen LogP contribution >= 0.6 is 0 Å². The molecule has 0 radical (unpaired) electrons. The molecule has 0 saturated carbocycles. The van der Waals surface area contributed by atoms with Crippen LogP contribution in [0.15, 0.2) is 54.6 Å². The predicted octanol–water partition coefficient (Wildman–Crippen LogP) is 2.22. The highest BCUT2D eigenvalue weighted by atomic mass is 16.5. The van der Waals surface area contributed by atoms with Crippen LogP contribution in [-0.2, 0) is 9.53 Å². The van der Waals surface area contributed by atoms with Gasteiger partial charge in [0.25, 0.3) is 5.91 Å². The SMILES string of the molecule is C[C@H](OC(=O)c1ccc(Oc2ccccc2)cc1)C(=O)NC(N)=O. The third-order valence-electron chi connectivity index (χ3n) is 2.97. The van der Waals surface area contributed by atoms with Gasteiger partial charge >= 0.3 is 12.0 Å². The molecule has 0 spiro atoms. The Balaban J connectivity index is 1.96. The van der Waals surface area contributed by atoms with Crippen LogP contribution in [0.3, 0.4) is 0 Å². The van der Waals surface area contributed by atoms with Crippen molar-refractivity contribution in [3.63, 3.8) is 0 Å². The maximum absolute atomic E-state index is 12.0. The van der Waals surface area contributed by atoms with Crippen LogP contribution in [0.25, 0.3) is 0 Å². The number of para-hydroxylation sites is 1. The van der Waals surface area contributed by atoms with Gasteiger partial charge in [-0.05, 0) is 43.3 Å². The van der Waals surface area contributed by atoms with Gasteiger partial charge in [0, 0.05) is 0 Å². The number of urea groups is 1. The molecule has 2 aromatic rings. The molecule has 0 unspecified atom stereocenters. The van der Waals surface area contributed by atoms with E-state index in [-0.39, 0.29) is 5.56 Å². The summed E-state index contributed by atoms with van der Waals surface area (Å²) in [6, 6.07) is 14.4. The molecule has 0 aliphatic rings. The van der Waals surface area contributed by atoms with Crippen LogP contribution in [0.1, 0.15) is 17.3 Å². The zero-order valence-corrected chi connectivity index (χ0v) is 12.9. The van der Waals surface area contributed by atoms with E-state index in [1.54, 1.807) is 24.3 Å². The number of benzene rings is 2. The molecular formula is C17H16N2O5. The molecule has 0 bridgehead atoms. The van der Waals surface area contributed by atoms with E-state index in [4.69, 9.17) is 15.2 Å². The number of amides is 3. The molecule has 7 heteroatoms. The molecule has 2 aromatic carbocycles. The lowest BCUT2D eigenvalue weighted by molar-refractivity contribution is -0.127. The van der Waals surface area contributed by atoms with Gasteiger partial charge in [0.2, 0.25) is 0 Å². The van der Waals surface area contributed by atoms with Gasteiger partial charge in [0.15, 0.2) is 6.10 Å². The first-order valence-corrected chi connectivity index (χ1v) is 7.10. The van der Waals surface area contributed by atoms with Crippen molar-refractivity contribution in [1.29, 1.82) is 0 Å². The van der Waals surface area contributed by atoms with E-state index in [2.05, 4.69) is 0 Å². The smallest absolute Gasteiger partial charge is 0.338 e. The third-order valence-corrected chi connectivity index (χ3v) is 2.97. The summed E-state index contributed by atoms with van der Waals surface area (Å²) in [7, 11) is 0. The minimum atomic E-state index is -1.15. The lowest BCUT2D eigenvalue weighted by Crippen LogP contribution is -2.42. The normalized spacial score (nSPS) is 11.2. The number of esters is 1. The number of carbonyl (C=O) groups excluding carboxylic acids is 3. The number of nitrogens with one attached hydrogen (secondary N) is 1. The van der Waals surface area contributed by atoms with Crippen molar-refractivity contribution in [3.8, 4) is 11.5 Å². The van der Waals surface area contributed by atoms with Gasteiger partial charge in [0.1, 0.15) is 11.5 Å². The summed E-state index contributed by atoms with van der Waals surface area (Å²) in [4.78, 5) is 34.0. The summed E-state index contributed by atoms with van der Waals surface area (Å²) in [5, 5.41) is 1.84. The average molecular weight is 328 g/mol. The largest absolute Gasteiger partial charge is 0.457 e. The second-order valence-corrected chi connectivity index (χ2v) is 4.84. The van der Waals surface area contributed by atoms with Gasteiger partial charge in [-0.1, -0.05) is 18.2 Å². The highest BCUT2D eigenvalue weighted by Crippen LogP contribution is 2.21. The number of rotatable bonds is 5. The third kappa shape index (κ3) is 4.84. The summed E-state index contributed by atoms with van der Waals surface area (Å²) in [5.74, 6) is -0.268. The number of hydrogen-bond donors (Lipinski definition) is 2. The molecule has 1 atom stereocenters. The summed E-state index contributed by atoms with van der Waals surface area (Å²) in [5.41, 5.74) is 5.07. The van der Waals surface area contributed by atoms with E-state index in [1.165, 1.54) is 19.1 Å². The number of primary amides is 1. The summed E-state index contributed by atoms with van der Waals surface area (Å²) < 4.78 is 10.6. The zero-order valence-electron chi connectivity index (χ0n) is 12.9. The van der Waals surface area contributed by atoms with Gasteiger partial charge in [-0.3, -0.25) is 10.1 Å². The van der Waals surface area contributed by atoms with Crippen molar-refractivity contribution in [1.82, 2.24) is 5.32 Å². The van der Waals surface area contributed by atoms with Crippen molar-refractivity contribution in [3.05, 3.63) is 60.2 Å². The molecule has 3 amide bonds. The van der Waals surface area contributed by atoms with E-state index in [0.29, 0.717) is 11.5 Å². The molecule has 0 aliphatic heterocycles. The second-order valence-electron chi connectivity index (χ2n) is 4.84. The molecular weight excluding hydrogens is 312 g/mol. The lowest BCUT2D eigenvalue weighted by atomic mass is 10.2. The fourth-order valence-electron chi connectivity index (χ4n) is 1.79. The van der Waals surface area contributed by atoms with Crippen LogP contribution in [0.2, 0.25) is 0 Å². The van der Waals surface area contributed by atoms with Gasteiger partial charge in [-0.2, -0.15) is 0 Å². The molecule has 124 valence electrons. The maximum atomic E-state index is 12.0. The van der Waals surface area contributed by atoms with E-state index < -0.39 is 24.0 Å². The fraction of sp³-hybridized carbons (Fsp3) is 0.118. The highest BCUT2D eigenvalue weighted by molar-refractivity contribution is 5.98. The van der Waals surface area contributed by atoms with Gasteiger partial charge in [0.05, 0.1) is 5.56 Å². The summed E-state index contributed by atoms with van der Waals surface area (Å²) in [6.07, 6.45) is -1.15. The second kappa shape index (κ2) is 7.77. The van der Waals surface area contributed by atoms with Crippen molar-refractivity contribution in [2.24, 2.45) is 5.73 Å². The Morgan fingerprint density at radius 2 is 1.54 bits per heavy atom. The Bertz CT molecular complexity index is 728. The topological polar surface area (TPSA) is 108 Å². The first-order chi connectivity index (χ1) is 11.5. The minimum Gasteiger partial charge on any atom is -0.457 e. The first kappa shape index (κ1) is 17.0. The van der Waals surface area contributed by atoms with E-state index in [0.717, 1.165) is 0 Å². The van der Waals surface area contributed by atoms with Crippen molar-refractivity contribution >= 4 is 17.9 Å². The zero-order chi connectivity index (χ0) is 17.5. The summed E-state index contributed by atoms with van der Waals surface area (Å²) >= 11 is 0. The van der Waals surface area contributed by atoms with Gasteiger partial charge in [-0.15, -0.1) is 0 Å². The number of carbonyl (C=O) groups is 3. The minimum absolute atomic E-state index is 0.245. The summed E-state index contributed by atoms with van der Waals surface area (Å²) in [6.45, 7) is 1.34. The van der Waals surface area contributed by atoms with Crippen LogP contribution in [0.5, 0.6) is 11.5 Å².